The van der Waals surface area contributed by atoms with E-state index in [1.54, 1.807) is 23.5 Å². The summed E-state index contributed by atoms with van der Waals surface area (Å²) in [5.41, 5.74) is 0.459. The maximum atomic E-state index is 12.9. The molecule has 1 amide bonds. The smallest absolute Gasteiger partial charge is 0.259 e. The molecule has 0 bridgehead atoms. The first-order valence-corrected chi connectivity index (χ1v) is 8.63. The van der Waals surface area contributed by atoms with E-state index in [9.17, 15) is 4.79 Å². The summed E-state index contributed by atoms with van der Waals surface area (Å²) in [5.74, 6) is 0.651. The van der Waals surface area contributed by atoms with Crippen molar-refractivity contribution in [3.05, 3.63) is 29.3 Å². The monoisotopic (exact) mass is 348 g/mol. The summed E-state index contributed by atoms with van der Waals surface area (Å²) in [6, 6.07) is 3.38. The van der Waals surface area contributed by atoms with E-state index in [0.717, 1.165) is 24.6 Å². The van der Waals surface area contributed by atoms with Gasteiger partial charge in [-0.3, -0.25) is 4.79 Å². The summed E-state index contributed by atoms with van der Waals surface area (Å²) in [7, 11) is 3.04. The van der Waals surface area contributed by atoms with E-state index in [1.807, 2.05) is 16.5 Å². The Morgan fingerprint density at radius 1 is 1.17 bits per heavy atom. The number of aromatic nitrogens is 2. The first-order chi connectivity index (χ1) is 11.7. The average molecular weight is 348 g/mol. The maximum absolute atomic E-state index is 12.9. The van der Waals surface area contributed by atoms with Gasteiger partial charge < -0.3 is 19.3 Å². The molecule has 0 N–H and O–H groups in total. The Hall–Kier alpha value is -2.35. The number of hydrogen-bond donors (Lipinski definition) is 0. The van der Waals surface area contributed by atoms with Crippen molar-refractivity contribution < 1.29 is 14.3 Å². The normalized spacial score (nSPS) is 15.1. The molecule has 1 aliphatic rings. The lowest BCUT2D eigenvalue weighted by Crippen LogP contribution is -2.35. The largest absolute Gasteiger partial charge is 0.481 e. The highest BCUT2D eigenvalue weighted by molar-refractivity contribution is 7.13. The van der Waals surface area contributed by atoms with Gasteiger partial charge in [0, 0.05) is 43.8 Å². The Bertz CT molecular complexity index is 693. The van der Waals surface area contributed by atoms with E-state index < -0.39 is 0 Å². The van der Waals surface area contributed by atoms with Crippen LogP contribution in [-0.4, -0.2) is 61.2 Å². The molecule has 24 heavy (non-hydrogen) atoms. The van der Waals surface area contributed by atoms with Crippen molar-refractivity contribution in [2.45, 2.75) is 6.42 Å². The molecule has 8 heteroatoms. The van der Waals surface area contributed by atoms with Crippen LogP contribution >= 0.6 is 11.3 Å². The van der Waals surface area contributed by atoms with E-state index in [1.165, 1.54) is 14.2 Å². The van der Waals surface area contributed by atoms with Crippen molar-refractivity contribution >= 4 is 22.4 Å². The fraction of sp³-hybridized carbons (Fsp3) is 0.438. The van der Waals surface area contributed by atoms with Gasteiger partial charge >= 0.3 is 0 Å². The van der Waals surface area contributed by atoms with Gasteiger partial charge in [-0.1, -0.05) is 0 Å². The van der Waals surface area contributed by atoms with Gasteiger partial charge in [0.25, 0.3) is 5.91 Å². The number of amides is 1. The van der Waals surface area contributed by atoms with Crippen molar-refractivity contribution in [1.82, 2.24) is 14.9 Å². The number of carbonyl (C=O) groups excluding carboxylic acids is 1. The number of ether oxygens (including phenoxy) is 2. The Balaban J connectivity index is 1.73. The summed E-state index contributed by atoms with van der Waals surface area (Å²) in [6.45, 7) is 3.02. The average Bonchev–Trinajstić information content (AvgIpc) is 3.05. The van der Waals surface area contributed by atoms with Crippen LogP contribution in [0.4, 0.5) is 5.13 Å². The Kier molecular flexibility index (Phi) is 5.14. The van der Waals surface area contributed by atoms with Crippen LogP contribution in [0.2, 0.25) is 0 Å². The molecule has 2 aromatic rings. The van der Waals surface area contributed by atoms with Crippen LogP contribution in [0, 0.1) is 0 Å². The van der Waals surface area contributed by atoms with E-state index in [2.05, 4.69) is 14.9 Å². The lowest BCUT2D eigenvalue weighted by molar-refractivity contribution is 0.0762. The van der Waals surface area contributed by atoms with E-state index in [4.69, 9.17) is 9.47 Å². The van der Waals surface area contributed by atoms with Crippen LogP contribution in [0.15, 0.2) is 23.7 Å². The molecule has 1 aliphatic heterocycles. The molecule has 7 nitrogen and oxygen atoms in total. The third kappa shape index (κ3) is 3.43. The first-order valence-electron chi connectivity index (χ1n) is 7.75. The molecule has 1 saturated heterocycles. The molecule has 3 heterocycles. The molecule has 0 radical (unpaired) electrons. The van der Waals surface area contributed by atoms with Crippen LogP contribution in [0.3, 0.4) is 0 Å². The number of pyridine rings is 1. The zero-order valence-electron chi connectivity index (χ0n) is 13.8. The Labute approximate surface area is 144 Å². The van der Waals surface area contributed by atoms with Crippen LogP contribution in [0.1, 0.15) is 16.8 Å². The quantitative estimate of drug-likeness (QED) is 0.841. The predicted molar refractivity (Wildman–Crippen MR) is 92.2 cm³/mol. The SMILES string of the molecule is COc1ccc(C(=O)N2CCCN(c3nccs3)CC2)c(OC)n1. The van der Waals surface area contributed by atoms with Crippen molar-refractivity contribution in [2.24, 2.45) is 0 Å². The van der Waals surface area contributed by atoms with Crippen LogP contribution in [0.25, 0.3) is 0 Å². The van der Waals surface area contributed by atoms with Gasteiger partial charge in [0.2, 0.25) is 11.8 Å². The molecule has 0 unspecified atom stereocenters. The van der Waals surface area contributed by atoms with Gasteiger partial charge in [0.1, 0.15) is 5.56 Å². The van der Waals surface area contributed by atoms with E-state index in [-0.39, 0.29) is 5.91 Å². The van der Waals surface area contributed by atoms with E-state index in [0.29, 0.717) is 30.4 Å². The molecule has 0 aliphatic carbocycles. The maximum Gasteiger partial charge on any atom is 0.259 e. The molecule has 1 fully saturated rings. The van der Waals surface area contributed by atoms with Gasteiger partial charge in [-0.05, 0) is 12.5 Å². The second kappa shape index (κ2) is 7.48. The van der Waals surface area contributed by atoms with Crippen molar-refractivity contribution in [2.75, 3.05) is 45.3 Å². The molecule has 0 saturated carbocycles. The number of hydrogen-bond acceptors (Lipinski definition) is 7. The molecule has 0 atom stereocenters. The van der Waals surface area contributed by atoms with Crippen molar-refractivity contribution in [3.8, 4) is 11.8 Å². The summed E-state index contributed by atoms with van der Waals surface area (Å²) < 4.78 is 10.3. The Morgan fingerprint density at radius 2 is 2.04 bits per heavy atom. The highest BCUT2D eigenvalue weighted by Gasteiger charge is 2.24. The highest BCUT2D eigenvalue weighted by atomic mass is 32.1. The number of thiazole rings is 1. The molecule has 0 aromatic carbocycles. The number of nitrogens with zero attached hydrogens (tertiary/aromatic N) is 4. The fourth-order valence-electron chi connectivity index (χ4n) is 2.71. The molecule has 128 valence electrons. The zero-order valence-corrected chi connectivity index (χ0v) is 14.6. The molecular weight excluding hydrogens is 328 g/mol. The second-order valence-corrected chi connectivity index (χ2v) is 6.23. The third-order valence-corrected chi connectivity index (χ3v) is 4.77. The van der Waals surface area contributed by atoms with Crippen LogP contribution in [0.5, 0.6) is 11.8 Å². The minimum atomic E-state index is -0.0667. The predicted octanol–water partition coefficient (Wildman–Crippen LogP) is 1.91. The molecule has 0 spiro atoms. The summed E-state index contributed by atoms with van der Waals surface area (Å²) in [5, 5.41) is 2.98. The molecular formula is C16H20N4O3S. The number of anilines is 1. The summed E-state index contributed by atoms with van der Waals surface area (Å²) in [4.78, 5) is 25.5. The number of methoxy groups -OCH3 is 2. The van der Waals surface area contributed by atoms with Gasteiger partial charge in [-0.15, -0.1) is 11.3 Å². The Morgan fingerprint density at radius 3 is 2.75 bits per heavy atom. The molecule has 2 aromatic heterocycles. The van der Waals surface area contributed by atoms with Gasteiger partial charge in [-0.2, -0.15) is 4.98 Å². The van der Waals surface area contributed by atoms with Crippen LogP contribution < -0.4 is 14.4 Å². The van der Waals surface area contributed by atoms with Gasteiger partial charge in [0.15, 0.2) is 5.13 Å². The summed E-state index contributed by atoms with van der Waals surface area (Å²) in [6.07, 6.45) is 2.71. The minimum absolute atomic E-state index is 0.0667. The lowest BCUT2D eigenvalue weighted by atomic mass is 10.2. The topological polar surface area (TPSA) is 67.8 Å². The standard InChI is InChI=1S/C16H20N4O3S/c1-22-13-5-4-12(14(18-13)23-2)15(21)19-7-3-8-20(10-9-19)16-17-6-11-24-16/h4-6,11H,3,7-10H2,1-2H3. The van der Waals surface area contributed by atoms with E-state index >= 15 is 0 Å². The van der Waals surface area contributed by atoms with Crippen molar-refractivity contribution in [3.63, 3.8) is 0 Å². The zero-order chi connectivity index (χ0) is 16.9. The third-order valence-electron chi connectivity index (χ3n) is 3.94. The van der Waals surface area contributed by atoms with Gasteiger partial charge in [-0.25, -0.2) is 4.98 Å². The highest BCUT2D eigenvalue weighted by Crippen LogP contribution is 2.23. The number of carbonyl (C=O) groups is 1. The summed E-state index contributed by atoms with van der Waals surface area (Å²) >= 11 is 1.62. The second-order valence-electron chi connectivity index (χ2n) is 5.36. The van der Waals surface area contributed by atoms with Crippen molar-refractivity contribution in [1.29, 1.82) is 0 Å². The minimum Gasteiger partial charge on any atom is -0.481 e. The number of rotatable bonds is 4. The van der Waals surface area contributed by atoms with Crippen LogP contribution in [-0.2, 0) is 0 Å². The first kappa shape index (κ1) is 16.5. The van der Waals surface area contributed by atoms with Gasteiger partial charge in [0.05, 0.1) is 14.2 Å². The molecule has 3 rings (SSSR count). The lowest BCUT2D eigenvalue weighted by Gasteiger charge is -2.22. The fourth-order valence-corrected chi connectivity index (χ4v) is 3.41.